The van der Waals surface area contributed by atoms with Gasteiger partial charge in [-0.05, 0) is 44.4 Å². The van der Waals surface area contributed by atoms with E-state index in [9.17, 15) is 14.4 Å². The molecule has 0 spiro atoms. The van der Waals surface area contributed by atoms with Gasteiger partial charge in [-0.15, -0.1) is 0 Å². The van der Waals surface area contributed by atoms with Crippen molar-refractivity contribution in [2.75, 3.05) is 20.8 Å². The average molecular weight is 387 g/mol. The first kappa shape index (κ1) is 19.7. The molecular weight excluding hydrogens is 362 g/mol. The number of aromatic amines is 2. The van der Waals surface area contributed by atoms with E-state index in [0.29, 0.717) is 23.6 Å². The standard InChI is InChI=1S/C20H25N3O5/c1-12-14(19(25)22-20(26)21-12)7-9-18(24)23-10-4-5-16(23)15-11-13(27-2)6-8-17(15)28-3/h6,8,11,16H,4-5,7,9-10H2,1-3H3,(H2,21,22,25,26)/t16-/m1/s1. The summed E-state index contributed by atoms with van der Waals surface area (Å²) in [6.45, 7) is 2.32. The van der Waals surface area contributed by atoms with E-state index >= 15 is 0 Å². The van der Waals surface area contributed by atoms with Crippen molar-refractivity contribution < 1.29 is 14.3 Å². The highest BCUT2D eigenvalue weighted by Gasteiger charge is 2.32. The number of hydrogen-bond donors (Lipinski definition) is 2. The lowest BCUT2D eigenvalue weighted by atomic mass is 10.0. The zero-order valence-corrected chi connectivity index (χ0v) is 16.3. The summed E-state index contributed by atoms with van der Waals surface area (Å²) in [7, 11) is 3.21. The van der Waals surface area contributed by atoms with Gasteiger partial charge in [0.15, 0.2) is 0 Å². The number of methoxy groups -OCH3 is 2. The molecule has 2 heterocycles. The molecule has 1 saturated heterocycles. The molecular formula is C20H25N3O5. The Labute approximate surface area is 162 Å². The molecule has 2 N–H and O–H groups in total. The molecule has 150 valence electrons. The molecule has 1 atom stereocenters. The highest BCUT2D eigenvalue weighted by molar-refractivity contribution is 5.77. The van der Waals surface area contributed by atoms with Crippen molar-refractivity contribution in [1.29, 1.82) is 0 Å². The summed E-state index contributed by atoms with van der Waals surface area (Å²) >= 11 is 0. The number of aryl methyl sites for hydroxylation is 1. The zero-order chi connectivity index (χ0) is 20.3. The molecule has 1 aliphatic rings. The van der Waals surface area contributed by atoms with Crippen LogP contribution in [0.15, 0.2) is 27.8 Å². The average Bonchev–Trinajstić information content (AvgIpc) is 3.16. The highest BCUT2D eigenvalue weighted by Crippen LogP contribution is 2.39. The van der Waals surface area contributed by atoms with Crippen molar-refractivity contribution in [1.82, 2.24) is 14.9 Å². The second-order valence-corrected chi connectivity index (χ2v) is 6.86. The van der Waals surface area contributed by atoms with Crippen molar-refractivity contribution >= 4 is 5.91 Å². The van der Waals surface area contributed by atoms with Crippen LogP contribution in [0.5, 0.6) is 11.5 Å². The van der Waals surface area contributed by atoms with E-state index in [1.165, 1.54) is 0 Å². The fourth-order valence-electron chi connectivity index (χ4n) is 3.79. The minimum Gasteiger partial charge on any atom is -0.497 e. The molecule has 0 radical (unpaired) electrons. The van der Waals surface area contributed by atoms with Crippen molar-refractivity contribution in [2.45, 2.75) is 38.6 Å². The minimum absolute atomic E-state index is 0.0302. The number of rotatable bonds is 6. The first-order chi connectivity index (χ1) is 13.4. The van der Waals surface area contributed by atoms with Crippen LogP contribution in [0, 0.1) is 6.92 Å². The van der Waals surface area contributed by atoms with Crippen LogP contribution in [-0.4, -0.2) is 41.5 Å². The summed E-state index contributed by atoms with van der Waals surface area (Å²) < 4.78 is 10.8. The molecule has 0 saturated carbocycles. The third kappa shape index (κ3) is 3.95. The molecule has 8 nitrogen and oxygen atoms in total. The number of nitrogens with one attached hydrogen (secondary N) is 2. The molecule has 1 fully saturated rings. The van der Waals surface area contributed by atoms with Gasteiger partial charge in [0.2, 0.25) is 5.91 Å². The number of likely N-dealkylation sites (tertiary alicyclic amines) is 1. The number of nitrogens with zero attached hydrogens (tertiary/aromatic N) is 1. The summed E-state index contributed by atoms with van der Waals surface area (Å²) in [5.41, 5.74) is 0.867. The molecule has 1 aromatic heterocycles. The number of benzene rings is 1. The quantitative estimate of drug-likeness (QED) is 0.785. The van der Waals surface area contributed by atoms with Crippen LogP contribution in [0.1, 0.15) is 42.1 Å². The van der Waals surface area contributed by atoms with E-state index < -0.39 is 11.2 Å². The summed E-state index contributed by atoms with van der Waals surface area (Å²) in [4.78, 5) is 42.9. The van der Waals surface area contributed by atoms with Crippen LogP contribution in [0.25, 0.3) is 0 Å². The Morgan fingerprint density at radius 2 is 2.00 bits per heavy atom. The predicted octanol–water partition coefficient (Wildman–Crippen LogP) is 1.69. The fraction of sp³-hybridized carbons (Fsp3) is 0.450. The SMILES string of the molecule is COc1ccc(OC)c([C@H]2CCCN2C(=O)CCc2c(C)[nH]c(=O)[nH]c2=O)c1. The molecule has 3 rings (SSSR count). The van der Waals surface area contributed by atoms with Crippen molar-refractivity contribution in [2.24, 2.45) is 0 Å². The second-order valence-electron chi connectivity index (χ2n) is 6.86. The second kappa shape index (κ2) is 8.33. The van der Waals surface area contributed by atoms with Crippen LogP contribution in [0.2, 0.25) is 0 Å². The Balaban J connectivity index is 1.79. The van der Waals surface area contributed by atoms with Crippen LogP contribution in [0.4, 0.5) is 0 Å². The van der Waals surface area contributed by atoms with E-state index in [1.54, 1.807) is 21.1 Å². The maximum atomic E-state index is 12.9. The number of carbonyl (C=O) groups excluding carboxylic acids is 1. The Hall–Kier alpha value is -3.03. The normalized spacial score (nSPS) is 16.2. The van der Waals surface area contributed by atoms with E-state index in [0.717, 1.165) is 24.2 Å². The first-order valence-corrected chi connectivity index (χ1v) is 9.28. The molecule has 1 amide bonds. The molecule has 2 aromatic rings. The van der Waals surface area contributed by atoms with Gasteiger partial charge in [0.1, 0.15) is 11.5 Å². The van der Waals surface area contributed by atoms with Crippen LogP contribution < -0.4 is 20.7 Å². The fourth-order valence-corrected chi connectivity index (χ4v) is 3.79. The minimum atomic E-state index is -0.540. The largest absolute Gasteiger partial charge is 0.497 e. The Morgan fingerprint density at radius 1 is 1.21 bits per heavy atom. The number of carbonyl (C=O) groups is 1. The monoisotopic (exact) mass is 387 g/mol. The van der Waals surface area contributed by atoms with Crippen molar-refractivity contribution in [3.63, 3.8) is 0 Å². The molecule has 0 unspecified atom stereocenters. The van der Waals surface area contributed by atoms with Gasteiger partial charge in [0, 0.05) is 29.8 Å². The van der Waals surface area contributed by atoms with E-state index in [-0.39, 0.29) is 24.8 Å². The summed E-state index contributed by atoms with van der Waals surface area (Å²) in [5, 5.41) is 0. The summed E-state index contributed by atoms with van der Waals surface area (Å²) in [6.07, 6.45) is 2.20. The van der Waals surface area contributed by atoms with Crippen LogP contribution in [0.3, 0.4) is 0 Å². The van der Waals surface area contributed by atoms with E-state index in [2.05, 4.69) is 9.97 Å². The van der Waals surface area contributed by atoms with Gasteiger partial charge < -0.3 is 19.4 Å². The van der Waals surface area contributed by atoms with Gasteiger partial charge in [0.25, 0.3) is 5.56 Å². The van der Waals surface area contributed by atoms with Gasteiger partial charge in [-0.2, -0.15) is 0 Å². The summed E-state index contributed by atoms with van der Waals surface area (Å²) in [5.74, 6) is 1.40. The Kier molecular flexibility index (Phi) is 5.87. The predicted molar refractivity (Wildman–Crippen MR) is 104 cm³/mol. The van der Waals surface area contributed by atoms with E-state index in [4.69, 9.17) is 9.47 Å². The van der Waals surface area contributed by atoms with Gasteiger partial charge >= 0.3 is 5.69 Å². The molecule has 8 heteroatoms. The number of hydrogen-bond acceptors (Lipinski definition) is 5. The number of H-pyrrole nitrogens is 2. The lowest BCUT2D eigenvalue weighted by Crippen LogP contribution is -2.32. The van der Waals surface area contributed by atoms with Crippen molar-refractivity contribution in [3.05, 3.63) is 55.9 Å². The molecule has 28 heavy (non-hydrogen) atoms. The smallest absolute Gasteiger partial charge is 0.325 e. The maximum Gasteiger partial charge on any atom is 0.325 e. The van der Waals surface area contributed by atoms with Crippen LogP contribution in [-0.2, 0) is 11.2 Å². The molecule has 1 aromatic carbocycles. The Morgan fingerprint density at radius 3 is 2.68 bits per heavy atom. The number of amides is 1. The highest BCUT2D eigenvalue weighted by atomic mass is 16.5. The van der Waals surface area contributed by atoms with Gasteiger partial charge in [-0.25, -0.2) is 4.79 Å². The molecule has 0 aliphatic carbocycles. The maximum absolute atomic E-state index is 12.9. The van der Waals surface area contributed by atoms with Gasteiger partial charge in [0.05, 0.1) is 20.3 Å². The first-order valence-electron chi connectivity index (χ1n) is 9.28. The topological polar surface area (TPSA) is 104 Å². The van der Waals surface area contributed by atoms with Crippen molar-refractivity contribution in [3.8, 4) is 11.5 Å². The third-order valence-corrected chi connectivity index (χ3v) is 5.21. The summed E-state index contributed by atoms with van der Waals surface area (Å²) in [6, 6.07) is 5.49. The third-order valence-electron chi connectivity index (χ3n) is 5.21. The molecule has 0 bridgehead atoms. The van der Waals surface area contributed by atoms with E-state index in [1.807, 2.05) is 23.1 Å². The zero-order valence-electron chi connectivity index (χ0n) is 16.3. The number of ether oxygens (including phenoxy) is 2. The van der Waals surface area contributed by atoms with Gasteiger partial charge in [-0.3, -0.25) is 14.6 Å². The number of aromatic nitrogens is 2. The lowest BCUT2D eigenvalue weighted by Gasteiger charge is -2.27. The Bertz CT molecular complexity index is 979. The van der Waals surface area contributed by atoms with Gasteiger partial charge in [-0.1, -0.05) is 0 Å². The van der Waals surface area contributed by atoms with Crippen LogP contribution >= 0.6 is 0 Å². The molecule has 1 aliphatic heterocycles. The lowest BCUT2D eigenvalue weighted by molar-refractivity contribution is -0.132.